The summed E-state index contributed by atoms with van der Waals surface area (Å²) in [4.78, 5) is 17.0. The summed E-state index contributed by atoms with van der Waals surface area (Å²) in [5.74, 6) is 2.12. The summed E-state index contributed by atoms with van der Waals surface area (Å²) in [6, 6.07) is 9.71. The number of aliphatic hydroxyl groups is 1. The van der Waals surface area contributed by atoms with Gasteiger partial charge < -0.3 is 19.7 Å². The third-order valence-electron chi connectivity index (χ3n) is 10.4. The standard InChI is InChI=1S/C29H31NO5/c1-34-20-6-4-18-12-27(13-19(18)10-20)15-29(33)22-11-17-5-7-21(31)24-23(17)28(29,26(35-24)25(27)32)8-9-30(22)14-16-2-3-16/h4-7,10,16,22,26,31,33H,2-3,8-9,11-15H2,1H3/t22?,26?,27?,28?,29-/m1/s1. The summed E-state index contributed by atoms with van der Waals surface area (Å²) in [5, 5.41) is 23.7. The number of Topliss-reactive ketones (excluding diaryl/α,β-unsaturated/α-hetero) is 1. The maximum absolute atomic E-state index is 14.5. The summed E-state index contributed by atoms with van der Waals surface area (Å²) >= 11 is 0. The summed E-state index contributed by atoms with van der Waals surface area (Å²) in [6.07, 6.45) is 4.85. The molecule has 2 heterocycles. The highest BCUT2D eigenvalue weighted by Crippen LogP contribution is 2.68. The van der Waals surface area contributed by atoms with Crippen molar-refractivity contribution in [3.05, 3.63) is 52.6 Å². The number of phenols is 1. The molecule has 4 aliphatic carbocycles. The van der Waals surface area contributed by atoms with Crippen molar-refractivity contribution >= 4 is 5.78 Å². The molecule has 0 radical (unpaired) electrons. The van der Waals surface area contributed by atoms with Crippen molar-refractivity contribution in [2.24, 2.45) is 11.3 Å². The molecule has 6 aliphatic rings. The number of nitrogens with zero attached hydrogens (tertiary/aromatic N) is 1. The average molecular weight is 474 g/mol. The summed E-state index contributed by atoms with van der Waals surface area (Å²) in [5.41, 5.74) is 1.76. The van der Waals surface area contributed by atoms with E-state index in [1.54, 1.807) is 13.2 Å². The summed E-state index contributed by atoms with van der Waals surface area (Å²) in [6.45, 7) is 1.88. The molecule has 2 spiro atoms. The monoisotopic (exact) mass is 473 g/mol. The Bertz CT molecular complexity index is 1300. The molecule has 0 aromatic heterocycles. The highest BCUT2D eigenvalue weighted by atomic mass is 16.5. The largest absolute Gasteiger partial charge is 0.504 e. The zero-order chi connectivity index (χ0) is 23.7. The van der Waals surface area contributed by atoms with Gasteiger partial charge in [-0.05, 0) is 92.3 Å². The van der Waals surface area contributed by atoms with E-state index < -0.39 is 22.5 Å². The van der Waals surface area contributed by atoms with Crippen LogP contribution in [0.15, 0.2) is 30.3 Å². The van der Waals surface area contributed by atoms with Crippen molar-refractivity contribution in [2.75, 3.05) is 20.2 Å². The minimum atomic E-state index is -1.09. The molecule has 1 saturated heterocycles. The summed E-state index contributed by atoms with van der Waals surface area (Å²) in [7, 11) is 1.66. The smallest absolute Gasteiger partial charge is 0.181 e. The molecular formula is C29H31NO5. The topological polar surface area (TPSA) is 79.2 Å². The third kappa shape index (κ3) is 2.36. The Morgan fingerprint density at radius 2 is 1.94 bits per heavy atom. The molecule has 2 aliphatic heterocycles. The second-order valence-corrected chi connectivity index (χ2v) is 12.1. The second-order valence-electron chi connectivity index (χ2n) is 12.1. The number of ketones is 1. The number of carbonyl (C=O) groups is 1. The first-order valence-corrected chi connectivity index (χ1v) is 13.1. The number of fused-ring (bicyclic) bond motifs is 1. The van der Waals surface area contributed by atoms with Gasteiger partial charge in [-0.25, -0.2) is 0 Å². The van der Waals surface area contributed by atoms with Crippen molar-refractivity contribution in [3.63, 3.8) is 0 Å². The van der Waals surface area contributed by atoms with Crippen LogP contribution in [0.1, 0.15) is 47.9 Å². The van der Waals surface area contributed by atoms with Gasteiger partial charge in [-0.2, -0.15) is 0 Å². The van der Waals surface area contributed by atoms with E-state index in [4.69, 9.17) is 9.47 Å². The number of ether oxygens (including phenoxy) is 2. The van der Waals surface area contributed by atoms with Crippen LogP contribution >= 0.6 is 0 Å². The number of piperidine rings is 1. The number of hydrogen-bond acceptors (Lipinski definition) is 6. The first-order valence-electron chi connectivity index (χ1n) is 13.1. The maximum Gasteiger partial charge on any atom is 0.181 e. The molecule has 2 bridgehead atoms. The van der Waals surface area contributed by atoms with Crippen molar-refractivity contribution in [2.45, 2.75) is 68.1 Å². The number of hydrogen-bond donors (Lipinski definition) is 2. The molecule has 2 N–H and O–H groups in total. The fourth-order valence-electron chi connectivity index (χ4n) is 8.68. The predicted molar refractivity (Wildman–Crippen MR) is 128 cm³/mol. The van der Waals surface area contributed by atoms with Crippen LogP contribution in [0.3, 0.4) is 0 Å². The highest BCUT2D eigenvalue weighted by Gasteiger charge is 2.77. The number of phenolic OH excluding ortho intramolecular Hbond substituents is 1. The van der Waals surface area contributed by atoms with Crippen LogP contribution in [0, 0.1) is 11.3 Å². The quantitative estimate of drug-likeness (QED) is 0.714. The van der Waals surface area contributed by atoms with Crippen LogP contribution in [0.4, 0.5) is 0 Å². The van der Waals surface area contributed by atoms with E-state index in [1.165, 1.54) is 12.8 Å². The van der Waals surface area contributed by atoms with Crippen molar-refractivity contribution < 1.29 is 24.5 Å². The van der Waals surface area contributed by atoms with Gasteiger partial charge in [-0.15, -0.1) is 0 Å². The van der Waals surface area contributed by atoms with Gasteiger partial charge in [0.2, 0.25) is 0 Å². The van der Waals surface area contributed by atoms with Gasteiger partial charge in [0, 0.05) is 23.6 Å². The Labute approximate surface area is 204 Å². The first-order chi connectivity index (χ1) is 16.9. The number of benzene rings is 2. The normalized spacial score (nSPS) is 38.3. The van der Waals surface area contributed by atoms with Gasteiger partial charge in [0.05, 0.1) is 18.1 Å². The van der Waals surface area contributed by atoms with E-state index in [2.05, 4.69) is 11.0 Å². The predicted octanol–water partition coefficient (Wildman–Crippen LogP) is 2.93. The van der Waals surface area contributed by atoms with Gasteiger partial charge in [0.25, 0.3) is 0 Å². The minimum Gasteiger partial charge on any atom is -0.504 e. The molecule has 182 valence electrons. The molecular weight excluding hydrogens is 442 g/mol. The van der Waals surface area contributed by atoms with Crippen LogP contribution in [0.2, 0.25) is 0 Å². The van der Waals surface area contributed by atoms with Gasteiger partial charge in [-0.1, -0.05) is 12.1 Å². The Kier molecular flexibility index (Phi) is 3.77. The molecule has 6 nitrogen and oxygen atoms in total. The first kappa shape index (κ1) is 20.6. The van der Waals surface area contributed by atoms with E-state index >= 15 is 0 Å². The molecule has 8 rings (SSSR count). The van der Waals surface area contributed by atoms with Crippen LogP contribution in [-0.4, -0.2) is 58.8 Å². The van der Waals surface area contributed by atoms with Gasteiger partial charge in [0.1, 0.15) is 5.75 Å². The van der Waals surface area contributed by atoms with E-state index in [-0.39, 0.29) is 17.6 Å². The number of aromatic hydroxyl groups is 1. The molecule has 3 fully saturated rings. The van der Waals surface area contributed by atoms with Crippen molar-refractivity contribution in [1.82, 2.24) is 4.90 Å². The Morgan fingerprint density at radius 3 is 2.74 bits per heavy atom. The fraction of sp³-hybridized carbons (Fsp3) is 0.552. The van der Waals surface area contributed by atoms with E-state index in [0.717, 1.165) is 53.4 Å². The molecule has 2 aromatic rings. The highest BCUT2D eigenvalue weighted by molar-refractivity contribution is 5.96. The number of methoxy groups -OCH3 is 1. The lowest BCUT2D eigenvalue weighted by molar-refractivity contribution is -0.209. The maximum atomic E-state index is 14.5. The van der Waals surface area contributed by atoms with E-state index in [0.29, 0.717) is 31.4 Å². The average Bonchev–Trinajstić information content (AvgIpc) is 3.47. The molecule has 35 heavy (non-hydrogen) atoms. The molecule has 2 aromatic carbocycles. The van der Waals surface area contributed by atoms with Crippen LogP contribution in [0.5, 0.6) is 17.2 Å². The van der Waals surface area contributed by atoms with Crippen molar-refractivity contribution in [3.8, 4) is 17.2 Å². The number of carbonyl (C=O) groups excluding carboxylic acids is 1. The van der Waals surface area contributed by atoms with Crippen LogP contribution in [-0.2, 0) is 29.5 Å². The Balaban J connectivity index is 1.30. The van der Waals surface area contributed by atoms with E-state index in [1.807, 2.05) is 18.2 Å². The zero-order valence-corrected chi connectivity index (χ0v) is 20.0. The lowest BCUT2D eigenvalue weighted by atomic mass is 9.44. The van der Waals surface area contributed by atoms with Gasteiger partial charge in [0.15, 0.2) is 23.4 Å². The number of rotatable bonds is 3. The van der Waals surface area contributed by atoms with Crippen LogP contribution in [0.25, 0.3) is 0 Å². The Hall–Kier alpha value is -2.57. The molecule has 6 heteroatoms. The second kappa shape index (κ2) is 6.40. The van der Waals surface area contributed by atoms with Crippen molar-refractivity contribution in [1.29, 1.82) is 0 Å². The Morgan fingerprint density at radius 1 is 1.14 bits per heavy atom. The van der Waals surface area contributed by atoms with Crippen LogP contribution < -0.4 is 9.47 Å². The van der Waals surface area contributed by atoms with Gasteiger partial charge >= 0.3 is 0 Å². The number of likely N-dealkylation sites (tertiary alicyclic amines) is 1. The lowest BCUT2D eigenvalue weighted by Gasteiger charge is -2.65. The summed E-state index contributed by atoms with van der Waals surface area (Å²) < 4.78 is 11.9. The fourth-order valence-corrected chi connectivity index (χ4v) is 8.68. The zero-order valence-electron chi connectivity index (χ0n) is 20.0. The van der Waals surface area contributed by atoms with Gasteiger partial charge in [-0.3, -0.25) is 9.69 Å². The molecule has 4 unspecified atom stereocenters. The molecule has 5 atom stereocenters. The lowest BCUT2D eigenvalue weighted by Crippen LogP contribution is -2.79. The van der Waals surface area contributed by atoms with E-state index in [9.17, 15) is 15.0 Å². The molecule has 0 amide bonds. The third-order valence-corrected chi connectivity index (χ3v) is 10.4. The minimum absolute atomic E-state index is 0.0471. The SMILES string of the molecule is COc1ccc2c(c1)CC1(C2)C[C@@]2(O)C3Cc4ccc(O)c5c4C2(CCN3CC2CC2)C(O5)C1=O. The molecule has 2 saturated carbocycles.